The number of nitrogens with one attached hydrogen (secondary N) is 1. The Morgan fingerprint density at radius 3 is 2.80 bits per heavy atom. The Kier molecular flexibility index (Phi) is 2.57. The molecule has 0 amide bonds. The van der Waals surface area contributed by atoms with Gasteiger partial charge >= 0.3 is 0 Å². The lowest BCUT2D eigenvalue weighted by molar-refractivity contribution is 0.528. The quantitative estimate of drug-likeness (QED) is 0.594. The molecule has 0 aromatic carbocycles. The minimum atomic E-state index is 0.560. The Morgan fingerprint density at radius 2 is 2.10 bits per heavy atom. The van der Waals surface area contributed by atoms with Gasteiger partial charge in [-0.15, -0.1) is 11.3 Å². The third kappa shape index (κ3) is 1.80. The number of aromatic amines is 1. The number of oxazole rings is 1. The zero-order valence-corrected chi connectivity index (χ0v) is 11.2. The number of rotatable bonds is 3. The lowest BCUT2D eigenvalue weighted by Gasteiger charge is -1.93. The van der Waals surface area contributed by atoms with E-state index in [1.165, 1.54) is 0 Å². The number of H-pyrrole nitrogens is 1. The van der Waals surface area contributed by atoms with Gasteiger partial charge in [-0.05, 0) is 35.7 Å². The van der Waals surface area contributed by atoms with Crippen LogP contribution in [0, 0.1) is 0 Å². The van der Waals surface area contributed by atoms with Crippen LogP contribution in [0.5, 0.6) is 0 Å². The second-order valence-electron chi connectivity index (χ2n) is 4.24. The summed E-state index contributed by atoms with van der Waals surface area (Å²) in [5, 5.41) is 2.02. The summed E-state index contributed by atoms with van der Waals surface area (Å²) in [6.45, 7) is 0. The lowest BCUT2D eigenvalue weighted by atomic mass is 10.2. The normalized spacial score (nSPS) is 11.0. The van der Waals surface area contributed by atoms with E-state index in [4.69, 9.17) is 8.83 Å². The summed E-state index contributed by atoms with van der Waals surface area (Å²) < 4.78 is 11.3. The van der Waals surface area contributed by atoms with Crippen molar-refractivity contribution in [2.24, 2.45) is 0 Å². The van der Waals surface area contributed by atoms with E-state index in [-0.39, 0.29) is 0 Å². The summed E-state index contributed by atoms with van der Waals surface area (Å²) in [6.07, 6.45) is 3.47. The highest BCUT2D eigenvalue weighted by Crippen LogP contribution is 2.37. The molecule has 4 aromatic rings. The molecule has 0 saturated heterocycles. The average molecular weight is 282 g/mol. The van der Waals surface area contributed by atoms with Gasteiger partial charge in [0.05, 0.1) is 11.1 Å². The van der Waals surface area contributed by atoms with Crippen molar-refractivity contribution >= 4 is 11.3 Å². The van der Waals surface area contributed by atoms with Crippen molar-refractivity contribution in [2.45, 2.75) is 0 Å². The SMILES string of the molecule is c1c[nH]c(-c2nc(-c3cccs3)c(-c3ccco3)o2)c1. The fourth-order valence-corrected chi connectivity index (χ4v) is 2.76. The molecule has 20 heavy (non-hydrogen) atoms. The number of nitrogens with zero attached hydrogens (tertiary/aromatic N) is 1. The van der Waals surface area contributed by atoms with E-state index in [0.29, 0.717) is 17.4 Å². The van der Waals surface area contributed by atoms with Crippen molar-refractivity contribution in [1.29, 1.82) is 0 Å². The minimum Gasteiger partial charge on any atom is -0.461 e. The first-order valence-corrected chi connectivity index (χ1v) is 7.02. The van der Waals surface area contributed by atoms with Crippen molar-refractivity contribution in [3.63, 3.8) is 0 Å². The molecule has 0 bridgehead atoms. The number of hydrogen-bond donors (Lipinski definition) is 1. The zero-order valence-electron chi connectivity index (χ0n) is 10.4. The zero-order chi connectivity index (χ0) is 13.4. The van der Waals surface area contributed by atoms with Gasteiger partial charge in [0, 0.05) is 6.20 Å². The Bertz CT molecular complexity index is 745. The molecule has 0 radical (unpaired) electrons. The van der Waals surface area contributed by atoms with Crippen molar-refractivity contribution < 1.29 is 8.83 Å². The van der Waals surface area contributed by atoms with Gasteiger partial charge in [0.25, 0.3) is 0 Å². The van der Waals surface area contributed by atoms with Crippen molar-refractivity contribution in [1.82, 2.24) is 9.97 Å². The minimum absolute atomic E-state index is 0.560. The Morgan fingerprint density at radius 1 is 1.10 bits per heavy atom. The fourth-order valence-electron chi connectivity index (χ4n) is 2.05. The van der Waals surface area contributed by atoms with Gasteiger partial charge in [-0.25, -0.2) is 4.98 Å². The van der Waals surface area contributed by atoms with Crippen LogP contribution in [0.25, 0.3) is 33.7 Å². The molecule has 0 spiro atoms. The van der Waals surface area contributed by atoms with Gasteiger partial charge < -0.3 is 13.8 Å². The summed E-state index contributed by atoms with van der Waals surface area (Å²) in [4.78, 5) is 8.76. The van der Waals surface area contributed by atoms with E-state index in [2.05, 4.69) is 9.97 Å². The van der Waals surface area contributed by atoms with Crippen LogP contribution in [0.2, 0.25) is 0 Å². The maximum absolute atomic E-state index is 5.90. The number of aromatic nitrogens is 2. The first kappa shape index (κ1) is 11.3. The molecule has 98 valence electrons. The molecule has 0 atom stereocenters. The molecule has 0 saturated carbocycles. The molecule has 4 rings (SSSR count). The van der Waals surface area contributed by atoms with Crippen LogP contribution in [0.3, 0.4) is 0 Å². The van der Waals surface area contributed by atoms with E-state index in [0.717, 1.165) is 16.3 Å². The van der Waals surface area contributed by atoms with Crippen molar-refractivity contribution in [2.75, 3.05) is 0 Å². The molecule has 0 aliphatic heterocycles. The van der Waals surface area contributed by atoms with E-state index in [9.17, 15) is 0 Å². The molecule has 4 nitrogen and oxygen atoms in total. The van der Waals surface area contributed by atoms with Crippen LogP contribution in [0.4, 0.5) is 0 Å². The van der Waals surface area contributed by atoms with E-state index < -0.39 is 0 Å². The standard InChI is InChI=1S/C15H10N2O2S/c1-4-10(16-7-1)15-17-13(12-6-3-9-20-12)14(19-15)11-5-2-8-18-11/h1-9,16H. The van der Waals surface area contributed by atoms with Gasteiger partial charge in [-0.1, -0.05) is 6.07 Å². The van der Waals surface area contributed by atoms with E-state index >= 15 is 0 Å². The first-order valence-electron chi connectivity index (χ1n) is 6.14. The molecule has 1 N–H and O–H groups in total. The summed E-state index contributed by atoms with van der Waals surface area (Å²) in [7, 11) is 0. The number of hydrogen-bond acceptors (Lipinski definition) is 4. The Hall–Kier alpha value is -2.53. The van der Waals surface area contributed by atoms with Crippen LogP contribution in [-0.4, -0.2) is 9.97 Å². The topological polar surface area (TPSA) is 55.0 Å². The van der Waals surface area contributed by atoms with Crippen molar-refractivity contribution in [3.05, 3.63) is 54.2 Å². The van der Waals surface area contributed by atoms with Crippen LogP contribution >= 0.6 is 11.3 Å². The van der Waals surface area contributed by atoms with Gasteiger partial charge in [0.15, 0.2) is 11.5 Å². The first-order chi connectivity index (χ1) is 9.92. The highest BCUT2D eigenvalue weighted by atomic mass is 32.1. The molecular weight excluding hydrogens is 272 g/mol. The molecule has 0 aliphatic rings. The third-order valence-corrected chi connectivity index (χ3v) is 3.83. The molecular formula is C15H10N2O2S. The summed E-state index contributed by atoms with van der Waals surface area (Å²) in [5.41, 5.74) is 1.65. The van der Waals surface area contributed by atoms with E-state index in [1.54, 1.807) is 17.6 Å². The third-order valence-electron chi connectivity index (χ3n) is 2.96. The smallest absolute Gasteiger partial charge is 0.244 e. The van der Waals surface area contributed by atoms with Crippen LogP contribution in [0.1, 0.15) is 0 Å². The highest BCUT2D eigenvalue weighted by Gasteiger charge is 2.20. The molecule has 5 heteroatoms. The highest BCUT2D eigenvalue weighted by molar-refractivity contribution is 7.13. The maximum Gasteiger partial charge on any atom is 0.244 e. The molecule has 0 unspecified atom stereocenters. The summed E-state index contributed by atoms with van der Waals surface area (Å²) >= 11 is 1.62. The second-order valence-corrected chi connectivity index (χ2v) is 5.18. The largest absolute Gasteiger partial charge is 0.461 e. The molecule has 0 aliphatic carbocycles. The molecule has 4 heterocycles. The molecule has 4 aromatic heterocycles. The van der Waals surface area contributed by atoms with E-state index in [1.807, 2.05) is 48.0 Å². The average Bonchev–Trinajstić information content (AvgIpc) is 3.22. The number of furan rings is 1. The Labute approximate surface area is 118 Å². The predicted molar refractivity (Wildman–Crippen MR) is 77.3 cm³/mol. The van der Waals surface area contributed by atoms with Gasteiger partial charge in [-0.3, -0.25) is 0 Å². The van der Waals surface area contributed by atoms with Gasteiger partial charge in [0.1, 0.15) is 11.4 Å². The predicted octanol–water partition coefficient (Wildman–Crippen LogP) is 4.66. The van der Waals surface area contributed by atoms with Gasteiger partial charge in [0.2, 0.25) is 5.89 Å². The fraction of sp³-hybridized carbons (Fsp3) is 0. The summed E-state index contributed by atoms with van der Waals surface area (Å²) in [5.74, 6) is 1.89. The van der Waals surface area contributed by atoms with Crippen molar-refractivity contribution in [3.8, 4) is 33.7 Å². The van der Waals surface area contributed by atoms with Gasteiger partial charge in [-0.2, -0.15) is 0 Å². The van der Waals surface area contributed by atoms with Crippen LogP contribution in [-0.2, 0) is 0 Å². The Balaban J connectivity index is 1.92. The second kappa shape index (κ2) is 4.54. The maximum atomic E-state index is 5.90. The lowest BCUT2D eigenvalue weighted by Crippen LogP contribution is -1.78. The monoisotopic (exact) mass is 282 g/mol. The van der Waals surface area contributed by atoms with Crippen LogP contribution < -0.4 is 0 Å². The number of thiophene rings is 1. The molecule has 0 fully saturated rings. The van der Waals surface area contributed by atoms with Crippen LogP contribution in [0.15, 0.2) is 63.1 Å². The summed E-state index contributed by atoms with van der Waals surface area (Å²) in [6, 6.07) is 11.6.